The van der Waals surface area contributed by atoms with Gasteiger partial charge in [0.2, 0.25) is 0 Å². The van der Waals surface area contributed by atoms with E-state index >= 15 is 0 Å². The van der Waals surface area contributed by atoms with Gasteiger partial charge < -0.3 is 5.73 Å². The molecule has 0 unspecified atom stereocenters. The molecule has 90 valence electrons. The van der Waals surface area contributed by atoms with E-state index < -0.39 is 0 Å². The Balaban J connectivity index is 2.34. The van der Waals surface area contributed by atoms with Crippen molar-refractivity contribution in [2.75, 3.05) is 5.73 Å². The topological polar surface area (TPSA) is 65.8 Å². The van der Waals surface area contributed by atoms with E-state index in [4.69, 9.17) is 5.73 Å². The lowest BCUT2D eigenvalue weighted by molar-refractivity contribution is 0.551. The lowest BCUT2D eigenvalue weighted by Crippen LogP contribution is -2.23. The van der Waals surface area contributed by atoms with Crippen LogP contribution >= 0.6 is 0 Å². The highest BCUT2D eigenvalue weighted by Gasteiger charge is 2.06. The van der Waals surface area contributed by atoms with Crippen molar-refractivity contribution in [3.8, 4) is 5.69 Å². The number of benzene rings is 1. The second-order valence-electron chi connectivity index (χ2n) is 3.96. The van der Waals surface area contributed by atoms with Crippen LogP contribution < -0.4 is 11.4 Å². The number of anilines is 1. The third-order valence-corrected chi connectivity index (χ3v) is 2.61. The van der Waals surface area contributed by atoms with Crippen molar-refractivity contribution in [1.29, 1.82) is 0 Å². The molecule has 2 N–H and O–H groups in total. The fourth-order valence-corrected chi connectivity index (χ4v) is 1.65. The highest BCUT2D eigenvalue weighted by atomic mass is 16.2. The molecule has 0 bridgehead atoms. The number of unbranched alkanes of at least 4 members (excludes halogenated alkanes) is 1. The van der Waals surface area contributed by atoms with Gasteiger partial charge in [-0.2, -0.15) is 5.10 Å². The molecular formula is C12H16N4O. The minimum absolute atomic E-state index is 0.121. The van der Waals surface area contributed by atoms with E-state index in [1.165, 1.54) is 15.6 Å². The Bertz CT molecular complexity index is 556. The molecule has 0 aliphatic rings. The summed E-state index contributed by atoms with van der Waals surface area (Å²) in [6, 6.07) is 7.20. The van der Waals surface area contributed by atoms with Crippen LogP contribution in [0.1, 0.15) is 19.8 Å². The minimum atomic E-state index is -0.121. The molecule has 0 saturated carbocycles. The zero-order valence-electron chi connectivity index (χ0n) is 9.84. The van der Waals surface area contributed by atoms with Gasteiger partial charge in [-0.05, 0) is 24.6 Å². The third kappa shape index (κ3) is 2.38. The SMILES string of the molecule is CCCCn1ncn(-c2cccc(N)c2)c1=O. The van der Waals surface area contributed by atoms with Crippen molar-refractivity contribution in [2.24, 2.45) is 0 Å². The fourth-order valence-electron chi connectivity index (χ4n) is 1.65. The first-order valence-electron chi connectivity index (χ1n) is 5.72. The smallest absolute Gasteiger partial charge is 0.350 e. The van der Waals surface area contributed by atoms with E-state index in [0.29, 0.717) is 12.2 Å². The number of nitrogen functional groups attached to an aromatic ring is 1. The van der Waals surface area contributed by atoms with Crippen LogP contribution in [-0.2, 0) is 6.54 Å². The molecule has 0 amide bonds. The zero-order chi connectivity index (χ0) is 12.3. The Morgan fingerprint density at radius 2 is 2.24 bits per heavy atom. The van der Waals surface area contributed by atoms with E-state index in [0.717, 1.165) is 18.5 Å². The first-order chi connectivity index (χ1) is 8.22. The molecule has 0 aliphatic carbocycles. The molecule has 1 aromatic carbocycles. The van der Waals surface area contributed by atoms with Crippen LogP contribution in [0.25, 0.3) is 5.69 Å². The molecule has 1 heterocycles. The number of aromatic nitrogens is 3. The molecule has 2 rings (SSSR count). The Labute approximate surface area is 99.5 Å². The summed E-state index contributed by atoms with van der Waals surface area (Å²) < 4.78 is 2.98. The van der Waals surface area contributed by atoms with Crippen LogP contribution in [0.3, 0.4) is 0 Å². The van der Waals surface area contributed by atoms with Crippen LogP contribution in [0, 0.1) is 0 Å². The van der Waals surface area contributed by atoms with Gasteiger partial charge in [0.25, 0.3) is 0 Å². The normalized spacial score (nSPS) is 10.6. The van der Waals surface area contributed by atoms with Gasteiger partial charge in [0.15, 0.2) is 0 Å². The lowest BCUT2D eigenvalue weighted by Gasteiger charge is -2.01. The van der Waals surface area contributed by atoms with Crippen LogP contribution in [0.15, 0.2) is 35.4 Å². The number of hydrogen-bond donors (Lipinski definition) is 1. The maximum absolute atomic E-state index is 12.0. The summed E-state index contributed by atoms with van der Waals surface area (Å²) in [5.74, 6) is 0. The quantitative estimate of drug-likeness (QED) is 0.811. The lowest BCUT2D eigenvalue weighted by atomic mass is 10.3. The largest absolute Gasteiger partial charge is 0.399 e. The number of nitrogens with zero attached hydrogens (tertiary/aromatic N) is 3. The van der Waals surface area contributed by atoms with E-state index in [9.17, 15) is 4.79 Å². The summed E-state index contributed by atoms with van der Waals surface area (Å²) >= 11 is 0. The molecule has 17 heavy (non-hydrogen) atoms. The Morgan fingerprint density at radius 1 is 1.41 bits per heavy atom. The van der Waals surface area contributed by atoms with Crippen LogP contribution in [0.2, 0.25) is 0 Å². The van der Waals surface area contributed by atoms with Crippen LogP contribution in [0.5, 0.6) is 0 Å². The summed E-state index contributed by atoms with van der Waals surface area (Å²) in [5, 5.41) is 4.09. The average Bonchev–Trinajstić information content (AvgIpc) is 2.68. The summed E-state index contributed by atoms with van der Waals surface area (Å²) in [4.78, 5) is 12.0. The fraction of sp³-hybridized carbons (Fsp3) is 0.333. The number of aryl methyl sites for hydroxylation is 1. The highest BCUT2D eigenvalue weighted by Crippen LogP contribution is 2.09. The molecular weight excluding hydrogens is 216 g/mol. The number of nitrogens with two attached hydrogens (primary N) is 1. The highest BCUT2D eigenvalue weighted by molar-refractivity contribution is 5.47. The van der Waals surface area contributed by atoms with Gasteiger partial charge in [-0.25, -0.2) is 14.0 Å². The molecule has 0 saturated heterocycles. The Morgan fingerprint density at radius 3 is 2.94 bits per heavy atom. The van der Waals surface area contributed by atoms with E-state index in [1.807, 2.05) is 12.1 Å². The Hall–Kier alpha value is -2.04. The average molecular weight is 232 g/mol. The molecule has 5 nitrogen and oxygen atoms in total. The van der Waals surface area contributed by atoms with E-state index in [2.05, 4.69) is 12.0 Å². The molecule has 1 aromatic heterocycles. The predicted octanol–water partition coefficient (Wildman–Crippen LogP) is 1.42. The van der Waals surface area contributed by atoms with Crippen molar-refractivity contribution < 1.29 is 0 Å². The van der Waals surface area contributed by atoms with Crippen molar-refractivity contribution in [3.05, 3.63) is 41.1 Å². The third-order valence-electron chi connectivity index (χ3n) is 2.61. The van der Waals surface area contributed by atoms with Gasteiger partial charge in [0, 0.05) is 12.2 Å². The molecule has 0 aliphatic heterocycles. The number of hydrogen-bond acceptors (Lipinski definition) is 3. The molecule has 5 heteroatoms. The summed E-state index contributed by atoms with van der Waals surface area (Å²) in [6.45, 7) is 2.74. The second kappa shape index (κ2) is 4.86. The van der Waals surface area contributed by atoms with Gasteiger partial charge in [0.1, 0.15) is 6.33 Å². The maximum Gasteiger partial charge on any atom is 0.350 e. The molecule has 2 aromatic rings. The first kappa shape index (κ1) is 11.4. The van der Waals surface area contributed by atoms with Gasteiger partial charge in [-0.3, -0.25) is 0 Å². The van der Waals surface area contributed by atoms with Crippen molar-refractivity contribution in [1.82, 2.24) is 14.3 Å². The van der Waals surface area contributed by atoms with E-state index in [-0.39, 0.29) is 5.69 Å². The molecule has 0 radical (unpaired) electrons. The molecule has 0 spiro atoms. The van der Waals surface area contributed by atoms with Gasteiger partial charge >= 0.3 is 5.69 Å². The van der Waals surface area contributed by atoms with E-state index in [1.54, 1.807) is 12.1 Å². The predicted molar refractivity (Wildman–Crippen MR) is 67.1 cm³/mol. The van der Waals surface area contributed by atoms with Crippen molar-refractivity contribution in [3.63, 3.8) is 0 Å². The Kier molecular flexibility index (Phi) is 3.27. The monoisotopic (exact) mass is 232 g/mol. The summed E-state index contributed by atoms with van der Waals surface area (Å²) in [5.41, 5.74) is 6.95. The summed E-state index contributed by atoms with van der Waals surface area (Å²) in [6.07, 6.45) is 3.53. The maximum atomic E-state index is 12.0. The van der Waals surface area contributed by atoms with Crippen molar-refractivity contribution in [2.45, 2.75) is 26.3 Å². The van der Waals surface area contributed by atoms with Gasteiger partial charge in [0.05, 0.1) is 5.69 Å². The number of rotatable bonds is 4. The summed E-state index contributed by atoms with van der Waals surface area (Å²) in [7, 11) is 0. The van der Waals surface area contributed by atoms with Crippen LogP contribution in [-0.4, -0.2) is 14.3 Å². The second-order valence-corrected chi connectivity index (χ2v) is 3.96. The zero-order valence-corrected chi connectivity index (χ0v) is 9.84. The van der Waals surface area contributed by atoms with Crippen molar-refractivity contribution >= 4 is 5.69 Å². The van der Waals surface area contributed by atoms with Gasteiger partial charge in [-0.1, -0.05) is 19.4 Å². The molecule has 0 atom stereocenters. The molecule has 0 fully saturated rings. The van der Waals surface area contributed by atoms with Gasteiger partial charge in [-0.15, -0.1) is 0 Å². The first-order valence-corrected chi connectivity index (χ1v) is 5.72. The van der Waals surface area contributed by atoms with Crippen LogP contribution in [0.4, 0.5) is 5.69 Å². The minimum Gasteiger partial charge on any atom is -0.399 e. The standard InChI is InChI=1S/C12H16N4O/c1-2-3-7-16-12(17)15(9-14-16)11-6-4-5-10(13)8-11/h4-6,8-9H,2-3,7,13H2,1H3.